The van der Waals surface area contributed by atoms with Crippen LogP contribution in [-0.2, 0) is 5.41 Å². The maximum absolute atomic E-state index is 11.9. The minimum absolute atomic E-state index is 0.00195. The van der Waals surface area contributed by atoms with E-state index >= 15 is 0 Å². The minimum Gasteiger partial charge on any atom is -0.290 e. The minimum atomic E-state index is -0.205. The van der Waals surface area contributed by atoms with E-state index in [1.165, 1.54) is 0 Å². The van der Waals surface area contributed by atoms with E-state index in [0.717, 1.165) is 5.56 Å². The van der Waals surface area contributed by atoms with Gasteiger partial charge in [-0.25, -0.2) is 9.97 Å². The molecule has 19 heavy (non-hydrogen) atoms. The standard InChI is InChI=1S/C15H17N3O/c1-15(2,3)12-9-16-14(17-10-12)18-13(19)11-7-5-4-6-8-11/h4-10H,1-3H3,(H,16,17,18,19). The SMILES string of the molecule is CC(C)(C)c1cnc(NC(=O)c2ccccc2)nc1. The van der Waals surface area contributed by atoms with Crippen molar-refractivity contribution in [1.82, 2.24) is 9.97 Å². The fourth-order valence-corrected chi connectivity index (χ4v) is 1.54. The molecule has 0 bridgehead atoms. The highest BCUT2D eigenvalue weighted by Gasteiger charge is 2.15. The zero-order valence-electron chi connectivity index (χ0n) is 11.3. The summed E-state index contributed by atoms with van der Waals surface area (Å²) in [5.74, 6) is 0.117. The Kier molecular flexibility index (Phi) is 3.60. The Bertz CT molecular complexity index is 556. The quantitative estimate of drug-likeness (QED) is 0.897. The van der Waals surface area contributed by atoms with E-state index in [1.807, 2.05) is 18.2 Å². The molecular weight excluding hydrogens is 238 g/mol. The van der Waals surface area contributed by atoms with Gasteiger partial charge in [-0.3, -0.25) is 10.1 Å². The van der Waals surface area contributed by atoms with Crippen LogP contribution >= 0.6 is 0 Å². The number of hydrogen-bond donors (Lipinski definition) is 1. The molecule has 0 aliphatic heterocycles. The van der Waals surface area contributed by atoms with Gasteiger partial charge in [0.1, 0.15) is 0 Å². The number of nitrogens with zero attached hydrogens (tertiary/aromatic N) is 2. The molecule has 1 amide bonds. The fraction of sp³-hybridized carbons (Fsp3) is 0.267. The molecule has 1 aromatic carbocycles. The molecule has 0 atom stereocenters. The Balaban J connectivity index is 2.10. The largest absolute Gasteiger partial charge is 0.290 e. The zero-order chi connectivity index (χ0) is 13.9. The van der Waals surface area contributed by atoms with Crippen LogP contribution < -0.4 is 5.32 Å². The number of hydrogen-bond acceptors (Lipinski definition) is 3. The molecule has 2 aromatic rings. The van der Waals surface area contributed by atoms with E-state index < -0.39 is 0 Å². The second-order valence-corrected chi connectivity index (χ2v) is 5.37. The maximum Gasteiger partial charge on any atom is 0.258 e. The number of amides is 1. The third-order valence-electron chi connectivity index (χ3n) is 2.78. The van der Waals surface area contributed by atoms with E-state index in [2.05, 4.69) is 36.1 Å². The molecule has 0 aliphatic carbocycles. The van der Waals surface area contributed by atoms with Gasteiger partial charge in [-0.15, -0.1) is 0 Å². The summed E-state index contributed by atoms with van der Waals surface area (Å²) in [6.07, 6.45) is 3.49. The predicted octanol–water partition coefficient (Wildman–Crippen LogP) is 3.03. The van der Waals surface area contributed by atoms with Crippen LogP contribution in [0.25, 0.3) is 0 Å². The lowest BCUT2D eigenvalue weighted by molar-refractivity contribution is 0.102. The highest BCUT2D eigenvalue weighted by Crippen LogP contribution is 2.20. The van der Waals surface area contributed by atoms with E-state index in [0.29, 0.717) is 11.5 Å². The van der Waals surface area contributed by atoms with Gasteiger partial charge in [0, 0.05) is 18.0 Å². The Morgan fingerprint density at radius 2 is 1.63 bits per heavy atom. The third-order valence-corrected chi connectivity index (χ3v) is 2.78. The normalized spacial score (nSPS) is 11.1. The van der Waals surface area contributed by atoms with Crippen LogP contribution in [0.5, 0.6) is 0 Å². The zero-order valence-corrected chi connectivity index (χ0v) is 11.3. The Labute approximate surface area is 112 Å². The van der Waals surface area contributed by atoms with Crippen LogP contribution in [0.3, 0.4) is 0 Å². The van der Waals surface area contributed by atoms with Gasteiger partial charge in [0.2, 0.25) is 5.95 Å². The average Bonchev–Trinajstić information content (AvgIpc) is 2.39. The topological polar surface area (TPSA) is 54.9 Å². The van der Waals surface area contributed by atoms with Crippen molar-refractivity contribution in [1.29, 1.82) is 0 Å². The second-order valence-electron chi connectivity index (χ2n) is 5.37. The highest BCUT2D eigenvalue weighted by molar-refractivity contribution is 6.03. The smallest absolute Gasteiger partial charge is 0.258 e. The van der Waals surface area contributed by atoms with Gasteiger partial charge in [-0.2, -0.15) is 0 Å². The van der Waals surface area contributed by atoms with Crippen LogP contribution in [0.4, 0.5) is 5.95 Å². The number of nitrogens with one attached hydrogen (secondary N) is 1. The Morgan fingerprint density at radius 1 is 1.05 bits per heavy atom. The lowest BCUT2D eigenvalue weighted by atomic mass is 9.89. The third kappa shape index (κ3) is 3.37. The molecule has 1 aromatic heterocycles. The summed E-state index contributed by atoms with van der Waals surface area (Å²) in [5.41, 5.74) is 1.62. The first kappa shape index (κ1) is 13.2. The monoisotopic (exact) mass is 255 g/mol. The summed E-state index contributed by atoms with van der Waals surface area (Å²) in [7, 11) is 0. The van der Waals surface area contributed by atoms with Crippen LogP contribution in [0, 0.1) is 0 Å². The van der Waals surface area contributed by atoms with Crippen LogP contribution in [0.1, 0.15) is 36.7 Å². The first-order chi connectivity index (χ1) is 8.97. The van der Waals surface area contributed by atoms with Gasteiger partial charge >= 0.3 is 0 Å². The van der Waals surface area contributed by atoms with Crippen molar-refractivity contribution >= 4 is 11.9 Å². The predicted molar refractivity (Wildman–Crippen MR) is 75.1 cm³/mol. The number of aromatic nitrogens is 2. The van der Waals surface area contributed by atoms with Gasteiger partial charge in [0.25, 0.3) is 5.91 Å². The van der Waals surface area contributed by atoms with Crippen LogP contribution in [-0.4, -0.2) is 15.9 Å². The van der Waals surface area contributed by atoms with Crippen LogP contribution in [0.15, 0.2) is 42.7 Å². The molecule has 2 rings (SSSR count). The number of carbonyl (C=O) groups excluding carboxylic acids is 1. The second kappa shape index (κ2) is 5.18. The van der Waals surface area contributed by atoms with Crippen molar-refractivity contribution in [2.24, 2.45) is 0 Å². The number of anilines is 1. The van der Waals surface area contributed by atoms with Gasteiger partial charge in [0.05, 0.1) is 0 Å². The number of rotatable bonds is 2. The molecule has 0 spiro atoms. The summed E-state index contributed by atoms with van der Waals surface area (Å²) in [6.45, 7) is 6.27. The van der Waals surface area contributed by atoms with Gasteiger partial charge in [-0.05, 0) is 23.1 Å². The highest BCUT2D eigenvalue weighted by atomic mass is 16.1. The first-order valence-electron chi connectivity index (χ1n) is 6.16. The van der Waals surface area contributed by atoms with Gasteiger partial charge in [0.15, 0.2) is 0 Å². The van der Waals surface area contributed by atoms with Crippen LogP contribution in [0.2, 0.25) is 0 Å². The number of benzene rings is 1. The van der Waals surface area contributed by atoms with Gasteiger partial charge < -0.3 is 0 Å². The molecule has 1 N–H and O–H groups in total. The lowest BCUT2D eigenvalue weighted by Gasteiger charge is -2.17. The van der Waals surface area contributed by atoms with E-state index in [9.17, 15) is 4.79 Å². The molecule has 0 radical (unpaired) electrons. The average molecular weight is 255 g/mol. The first-order valence-corrected chi connectivity index (χ1v) is 6.16. The van der Waals surface area contributed by atoms with Gasteiger partial charge in [-0.1, -0.05) is 39.0 Å². The molecular formula is C15H17N3O. The molecule has 0 saturated carbocycles. The van der Waals surface area contributed by atoms with Crippen molar-refractivity contribution in [3.8, 4) is 0 Å². The summed E-state index contributed by atoms with van der Waals surface area (Å²) in [6, 6.07) is 9.00. The summed E-state index contributed by atoms with van der Waals surface area (Å²) in [4.78, 5) is 20.2. The maximum atomic E-state index is 11.9. The van der Waals surface area contributed by atoms with E-state index in [4.69, 9.17) is 0 Å². The van der Waals surface area contributed by atoms with Crippen molar-refractivity contribution < 1.29 is 4.79 Å². The molecule has 1 heterocycles. The summed E-state index contributed by atoms with van der Waals surface area (Å²) in [5, 5.41) is 2.68. The molecule has 4 heteroatoms. The molecule has 0 unspecified atom stereocenters. The molecule has 0 fully saturated rings. The molecule has 98 valence electrons. The van der Waals surface area contributed by atoms with Crippen molar-refractivity contribution in [3.63, 3.8) is 0 Å². The van der Waals surface area contributed by atoms with Crippen molar-refractivity contribution in [2.45, 2.75) is 26.2 Å². The molecule has 0 saturated heterocycles. The Hall–Kier alpha value is -2.23. The molecule has 0 aliphatic rings. The van der Waals surface area contributed by atoms with Crippen molar-refractivity contribution in [2.75, 3.05) is 5.32 Å². The Morgan fingerprint density at radius 3 is 2.16 bits per heavy atom. The molecule has 4 nitrogen and oxygen atoms in total. The van der Waals surface area contributed by atoms with Crippen molar-refractivity contribution in [3.05, 3.63) is 53.9 Å². The number of carbonyl (C=O) groups is 1. The van der Waals surface area contributed by atoms with E-state index in [1.54, 1.807) is 24.5 Å². The summed E-state index contributed by atoms with van der Waals surface area (Å²) >= 11 is 0. The lowest BCUT2D eigenvalue weighted by Crippen LogP contribution is -2.16. The fourth-order valence-electron chi connectivity index (χ4n) is 1.54. The summed E-state index contributed by atoms with van der Waals surface area (Å²) < 4.78 is 0. The van der Waals surface area contributed by atoms with E-state index in [-0.39, 0.29) is 11.3 Å².